The molecule has 0 aromatic rings. The Morgan fingerprint density at radius 1 is 1.60 bits per heavy atom. The summed E-state index contributed by atoms with van der Waals surface area (Å²) in [6.45, 7) is 7.93. The van der Waals surface area contributed by atoms with Gasteiger partial charge >= 0.3 is 0 Å². The molecule has 1 saturated heterocycles. The first-order valence-electron chi connectivity index (χ1n) is 4.22. The third kappa shape index (κ3) is 1.70. The predicted molar refractivity (Wildman–Crippen MR) is 43.9 cm³/mol. The highest BCUT2D eigenvalue weighted by atomic mass is 15.1. The molecule has 0 aromatic carbocycles. The van der Waals surface area contributed by atoms with Crippen molar-refractivity contribution in [3.63, 3.8) is 0 Å². The molecule has 60 valence electrons. The lowest BCUT2D eigenvalue weighted by atomic mass is 9.94. The molecule has 0 spiro atoms. The quantitative estimate of drug-likeness (QED) is 0.583. The fourth-order valence-corrected chi connectivity index (χ4v) is 1.46. The monoisotopic (exact) mass is 142 g/mol. The lowest BCUT2D eigenvalue weighted by Crippen LogP contribution is -2.47. The molecular formula is C8H18N2. The third-order valence-electron chi connectivity index (χ3n) is 2.55. The van der Waals surface area contributed by atoms with E-state index >= 15 is 0 Å². The van der Waals surface area contributed by atoms with Crippen molar-refractivity contribution in [1.29, 1.82) is 0 Å². The van der Waals surface area contributed by atoms with E-state index in [-0.39, 0.29) is 0 Å². The number of rotatable bonds is 1. The number of likely N-dealkylation sites (N-methyl/N-ethyl adjacent to an activating group) is 1. The van der Waals surface area contributed by atoms with E-state index in [4.69, 9.17) is 5.73 Å². The minimum Gasteiger partial charge on any atom is -0.326 e. The van der Waals surface area contributed by atoms with Gasteiger partial charge in [-0.25, -0.2) is 0 Å². The van der Waals surface area contributed by atoms with Crippen LogP contribution >= 0.6 is 0 Å². The molecule has 0 bridgehead atoms. The van der Waals surface area contributed by atoms with Crippen LogP contribution in [0.25, 0.3) is 0 Å². The summed E-state index contributed by atoms with van der Waals surface area (Å²) in [5, 5.41) is 0. The van der Waals surface area contributed by atoms with E-state index in [9.17, 15) is 0 Å². The van der Waals surface area contributed by atoms with Gasteiger partial charge in [-0.1, -0.05) is 13.8 Å². The molecule has 0 amide bonds. The lowest BCUT2D eigenvalue weighted by molar-refractivity contribution is 0.176. The molecule has 2 heteroatoms. The summed E-state index contributed by atoms with van der Waals surface area (Å²) in [6.07, 6.45) is 1.27. The largest absolute Gasteiger partial charge is 0.326 e. The normalized spacial score (nSPS) is 36.3. The maximum absolute atomic E-state index is 5.90. The minimum atomic E-state index is 0.411. The summed E-state index contributed by atoms with van der Waals surface area (Å²) < 4.78 is 0. The molecule has 1 rings (SSSR count). The zero-order valence-electron chi connectivity index (χ0n) is 7.01. The molecule has 0 radical (unpaired) electrons. The van der Waals surface area contributed by atoms with Crippen LogP contribution in [-0.4, -0.2) is 30.6 Å². The first kappa shape index (κ1) is 8.02. The average molecular weight is 142 g/mol. The zero-order valence-corrected chi connectivity index (χ0v) is 7.01. The highest BCUT2D eigenvalue weighted by Gasteiger charge is 2.21. The Balaban J connectivity index is 2.33. The summed E-state index contributed by atoms with van der Waals surface area (Å²) in [4.78, 5) is 2.42. The van der Waals surface area contributed by atoms with Crippen LogP contribution in [0.3, 0.4) is 0 Å². The van der Waals surface area contributed by atoms with Crippen LogP contribution in [0, 0.1) is 5.92 Å². The molecular weight excluding hydrogens is 124 g/mol. The standard InChI is InChI=1S/C8H18N2/c1-3-10-5-4-7(2)8(9)6-10/h7-8H,3-6,9H2,1-2H3/t7?,8-/m0/s1. The van der Waals surface area contributed by atoms with Crippen molar-refractivity contribution in [1.82, 2.24) is 4.90 Å². The van der Waals surface area contributed by atoms with Crippen molar-refractivity contribution in [3.8, 4) is 0 Å². The van der Waals surface area contributed by atoms with Gasteiger partial charge in [0.05, 0.1) is 0 Å². The van der Waals surface area contributed by atoms with Crippen LogP contribution in [0.1, 0.15) is 20.3 Å². The van der Waals surface area contributed by atoms with Gasteiger partial charge in [0.2, 0.25) is 0 Å². The van der Waals surface area contributed by atoms with Gasteiger partial charge in [-0.3, -0.25) is 0 Å². The van der Waals surface area contributed by atoms with Crippen LogP contribution in [0.5, 0.6) is 0 Å². The smallest absolute Gasteiger partial charge is 0.0194 e. The van der Waals surface area contributed by atoms with E-state index in [2.05, 4.69) is 18.7 Å². The van der Waals surface area contributed by atoms with Gasteiger partial charge in [-0.15, -0.1) is 0 Å². The van der Waals surface area contributed by atoms with Gasteiger partial charge < -0.3 is 10.6 Å². The van der Waals surface area contributed by atoms with Gasteiger partial charge in [-0.05, 0) is 25.4 Å². The van der Waals surface area contributed by atoms with Crippen molar-refractivity contribution in [2.24, 2.45) is 11.7 Å². The van der Waals surface area contributed by atoms with Crippen molar-refractivity contribution < 1.29 is 0 Å². The number of nitrogens with two attached hydrogens (primary N) is 1. The van der Waals surface area contributed by atoms with Crippen molar-refractivity contribution >= 4 is 0 Å². The first-order valence-corrected chi connectivity index (χ1v) is 4.22. The summed E-state index contributed by atoms with van der Waals surface area (Å²) in [6, 6.07) is 0.411. The van der Waals surface area contributed by atoms with Crippen molar-refractivity contribution in [2.75, 3.05) is 19.6 Å². The molecule has 1 aliphatic heterocycles. The number of hydrogen-bond acceptors (Lipinski definition) is 2. The molecule has 0 aromatic heterocycles. The van der Waals surface area contributed by atoms with Gasteiger partial charge in [0.1, 0.15) is 0 Å². The highest BCUT2D eigenvalue weighted by molar-refractivity contribution is 4.79. The Labute approximate surface area is 63.4 Å². The second kappa shape index (κ2) is 3.35. The molecule has 0 saturated carbocycles. The molecule has 1 fully saturated rings. The second-order valence-electron chi connectivity index (χ2n) is 3.32. The second-order valence-corrected chi connectivity index (χ2v) is 3.32. The topological polar surface area (TPSA) is 29.3 Å². The zero-order chi connectivity index (χ0) is 7.56. The van der Waals surface area contributed by atoms with E-state index in [1.54, 1.807) is 0 Å². The van der Waals surface area contributed by atoms with Gasteiger partial charge in [-0.2, -0.15) is 0 Å². The molecule has 1 unspecified atom stereocenters. The molecule has 10 heavy (non-hydrogen) atoms. The summed E-state index contributed by atoms with van der Waals surface area (Å²) in [5.74, 6) is 0.725. The maximum Gasteiger partial charge on any atom is 0.0194 e. The summed E-state index contributed by atoms with van der Waals surface area (Å²) in [5.41, 5.74) is 5.90. The van der Waals surface area contributed by atoms with Crippen LogP contribution in [0.2, 0.25) is 0 Å². The van der Waals surface area contributed by atoms with E-state index in [1.807, 2.05) is 0 Å². The predicted octanol–water partition coefficient (Wildman–Crippen LogP) is 0.675. The Bertz CT molecular complexity index is 103. The van der Waals surface area contributed by atoms with Crippen LogP contribution in [-0.2, 0) is 0 Å². The maximum atomic E-state index is 5.90. The molecule has 2 atom stereocenters. The van der Waals surface area contributed by atoms with Crippen LogP contribution in [0.15, 0.2) is 0 Å². The Morgan fingerprint density at radius 3 is 2.80 bits per heavy atom. The third-order valence-corrected chi connectivity index (χ3v) is 2.55. The van der Waals surface area contributed by atoms with Gasteiger partial charge in [0.25, 0.3) is 0 Å². The molecule has 1 heterocycles. The van der Waals surface area contributed by atoms with Gasteiger partial charge in [0, 0.05) is 12.6 Å². The summed E-state index contributed by atoms with van der Waals surface area (Å²) in [7, 11) is 0. The lowest BCUT2D eigenvalue weighted by Gasteiger charge is -2.34. The summed E-state index contributed by atoms with van der Waals surface area (Å²) >= 11 is 0. The Morgan fingerprint density at radius 2 is 2.30 bits per heavy atom. The molecule has 1 aliphatic rings. The SMILES string of the molecule is CCN1CCC(C)[C@@H](N)C1. The molecule has 0 aliphatic carbocycles. The molecule has 2 nitrogen and oxygen atoms in total. The number of nitrogens with zero attached hydrogens (tertiary/aromatic N) is 1. The number of hydrogen-bond donors (Lipinski definition) is 1. The van der Waals surface area contributed by atoms with Gasteiger partial charge in [0.15, 0.2) is 0 Å². The van der Waals surface area contributed by atoms with E-state index in [0.29, 0.717) is 6.04 Å². The van der Waals surface area contributed by atoms with E-state index in [0.717, 1.165) is 19.0 Å². The Kier molecular flexibility index (Phi) is 2.69. The van der Waals surface area contributed by atoms with Crippen LogP contribution in [0.4, 0.5) is 0 Å². The fraction of sp³-hybridized carbons (Fsp3) is 1.00. The van der Waals surface area contributed by atoms with Crippen LogP contribution < -0.4 is 5.73 Å². The highest BCUT2D eigenvalue weighted by Crippen LogP contribution is 2.14. The van der Waals surface area contributed by atoms with Crippen molar-refractivity contribution in [2.45, 2.75) is 26.3 Å². The first-order chi connectivity index (χ1) is 4.74. The van der Waals surface area contributed by atoms with E-state index in [1.165, 1.54) is 13.0 Å². The van der Waals surface area contributed by atoms with E-state index < -0.39 is 0 Å². The Hall–Kier alpha value is -0.0800. The average Bonchev–Trinajstić information content (AvgIpc) is 1.95. The molecule has 2 N–H and O–H groups in total. The fourth-order valence-electron chi connectivity index (χ4n) is 1.46. The minimum absolute atomic E-state index is 0.411. The number of likely N-dealkylation sites (tertiary alicyclic amines) is 1. The van der Waals surface area contributed by atoms with Crippen molar-refractivity contribution in [3.05, 3.63) is 0 Å². The number of piperidine rings is 1.